The van der Waals surface area contributed by atoms with Crippen LogP contribution in [0.2, 0.25) is 0 Å². The largest absolute Gasteiger partial charge is 0.493 e. The van der Waals surface area contributed by atoms with Gasteiger partial charge in [0.2, 0.25) is 0 Å². The lowest BCUT2D eigenvalue weighted by Crippen LogP contribution is -2.58. The summed E-state index contributed by atoms with van der Waals surface area (Å²) in [5, 5.41) is 22.4. The van der Waals surface area contributed by atoms with Gasteiger partial charge in [-0.1, -0.05) is 31.7 Å². The Morgan fingerprint density at radius 3 is 2.48 bits per heavy atom. The molecule has 0 aromatic heterocycles. The Balaban J connectivity index is 1.60. The fourth-order valence-corrected chi connectivity index (χ4v) is 3.98. The number of nitrogens with one attached hydrogen (secondary N) is 1. The molecule has 0 bridgehead atoms. The summed E-state index contributed by atoms with van der Waals surface area (Å²) in [5.74, 6) is -0.480. The molecule has 2 heterocycles. The van der Waals surface area contributed by atoms with Gasteiger partial charge in [0, 0.05) is 0 Å². The van der Waals surface area contributed by atoms with Gasteiger partial charge in [-0.3, -0.25) is 19.8 Å². The number of piperidine rings is 1. The number of ether oxygens (including phenoxy) is 1. The fraction of sp³-hybridized carbons (Fsp3) is 0.619. The Labute approximate surface area is 171 Å². The number of carbonyl (C=O) groups is 2. The lowest BCUT2D eigenvalue weighted by molar-refractivity contribution is -0.0413. The van der Waals surface area contributed by atoms with Crippen molar-refractivity contribution in [1.82, 2.24) is 10.2 Å². The number of amides is 2. The summed E-state index contributed by atoms with van der Waals surface area (Å²) in [5.41, 5.74) is 6.05. The van der Waals surface area contributed by atoms with Gasteiger partial charge in [-0.2, -0.15) is 0 Å². The number of nitrogens with zero attached hydrogens (tertiary/aromatic N) is 1. The van der Waals surface area contributed by atoms with Gasteiger partial charge < -0.3 is 20.7 Å². The van der Waals surface area contributed by atoms with E-state index < -0.39 is 30.3 Å². The zero-order chi connectivity index (χ0) is 20.8. The smallest absolute Gasteiger partial charge is 0.265 e. The molecule has 2 aliphatic heterocycles. The number of aliphatic hydroxyl groups excluding tert-OH is 2. The van der Waals surface area contributed by atoms with Gasteiger partial charge in [-0.25, -0.2) is 0 Å². The van der Waals surface area contributed by atoms with E-state index in [0.29, 0.717) is 30.8 Å². The Morgan fingerprint density at radius 1 is 1.03 bits per heavy atom. The molecule has 3 rings (SSSR count). The van der Waals surface area contributed by atoms with Crippen LogP contribution in [0.1, 0.15) is 72.1 Å². The highest BCUT2D eigenvalue weighted by atomic mass is 16.5. The third kappa shape index (κ3) is 4.95. The average Bonchev–Trinajstić information content (AvgIpc) is 2.95. The van der Waals surface area contributed by atoms with Gasteiger partial charge in [0.1, 0.15) is 18.2 Å². The van der Waals surface area contributed by atoms with Gasteiger partial charge in [0.25, 0.3) is 11.8 Å². The molecular formula is C21H31N3O5. The summed E-state index contributed by atoms with van der Waals surface area (Å²) < 4.78 is 5.84. The molecule has 0 radical (unpaired) electrons. The molecule has 1 aromatic rings. The van der Waals surface area contributed by atoms with E-state index >= 15 is 0 Å². The monoisotopic (exact) mass is 405 g/mol. The van der Waals surface area contributed by atoms with E-state index in [-0.39, 0.29) is 5.56 Å². The van der Waals surface area contributed by atoms with Crippen LogP contribution in [0.15, 0.2) is 18.2 Å². The average molecular weight is 405 g/mol. The summed E-state index contributed by atoms with van der Waals surface area (Å²) in [4.78, 5) is 26.9. The first-order valence-corrected chi connectivity index (χ1v) is 10.5. The highest BCUT2D eigenvalue weighted by Gasteiger charge is 2.45. The topological polar surface area (TPSA) is 125 Å². The molecule has 2 amide bonds. The minimum absolute atomic E-state index is 0.263. The number of imide groups is 1. The van der Waals surface area contributed by atoms with Crippen LogP contribution in [-0.4, -0.2) is 58.6 Å². The van der Waals surface area contributed by atoms with E-state index in [2.05, 4.69) is 5.32 Å². The molecule has 0 aliphatic carbocycles. The lowest BCUT2D eigenvalue weighted by atomic mass is 10.0. The summed E-state index contributed by atoms with van der Waals surface area (Å²) in [6, 6.07) is 4.30. The Hall–Kier alpha value is -2.00. The molecule has 160 valence electrons. The standard InChI is InChI=1S/C21H31N3O5/c22-12-5-3-1-2-4-6-13-29-16-9-7-8-14-18(16)21(28)24(20(14)27)15-10-11-17(25)23-19(15)26/h7-9,15,17,19,23,25-26H,1-6,10-13,22H2. The highest BCUT2D eigenvalue weighted by molar-refractivity contribution is 6.22. The summed E-state index contributed by atoms with van der Waals surface area (Å²) in [7, 11) is 0. The van der Waals surface area contributed by atoms with Gasteiger partial charge >= 0.3 is 0 Å². The number of benzene rings is 1. The summed E-state index contributed by atoms with van der Waals surface area (Å²) in [6.07, 6.45) is 5.09. The van der Waals surface area contributed by atoms with Crippen LogP contribution < -0.4 is 15.8 Å². The second-order valence-corrected chi connectivity index (χ2v) is 7.69. The number of hydrogen-bond donors (Lipinski definition) is 4. The minimum atomic E-state index is -1.16. The first-order valence-electron chi connectivity index (χ1n) is 10.5. The SMILES string of the molecule is NCCCCCCCCOc1cccc2c1C(=O)N(C1CCC(O)NC1O)C2=O. The van der Waals surface area contributed by atoms with E-state index in [1.165, 1.54) is 0 Å². The van der Waals surface area contributed by atoms with Gasteiger partial charge in [-0.15, -0.1) is 0 Å². The minimum Gasteiger partial charge on any atom is -0.493 e. The maximum Gasteiger partial charge on any atom is 0.265 e. The molecule has 0 spiro atoms. The molecule has 0 saturated carbocycles. The summed E-state index contributed by atoms with van der Waals surface area (Å²) >= 11 is 0. The second-order valence-electron chi connectivity index (χ2n) is 7.69. The molecule has 8 nitrogen and oxygen atoms in total. The molecule has 1 aromatic carbocycles. The molecule has 8 heteroatoms. The Morgan fingerprint density at radius 2 is 1.76 bits per heavy atom. The van der Waals surface area contributed by atoms with Crippen molar-refractivity contribution in [3.63, 3.8) is 0 Å². The summed E-state index contributed by atoms with van der Waals surface area (Å²) in [6.45, 7) is 1.22. The van der Waals surface area contributed by atoms with Crippen molar-refractivity contribution >= 4 is 11.8 Å². The lowest BCUT2D eigenvalue weighted by Gasteiger charge is -2.36. The number of nitrogens with two attached hydrogens (primary N) is 1. The maximum atomic E-state index is 13.0. The van der Waals surface area contributed by atoms with Crippen molar-refractivity contribution in [2.75, 3.05) is 13.2 Å². The van der Waals surface area contributed by atoms with Crippen LogP contribution in [0.3, 0.4) is 0 Å². The van der Waals surface area contributed by atoms with Crippen molar-refractivity contribution in [3.05, 3.63) is 29.3 Å². The molecule has 3 atom stereocenters. The van der Waals surface area contributed by atoms with Crippen LogP contribution in [-0.2, 0) is 0 Å². The van der Waals surface area contributed by atoms with Crippen LogP contribution in [0, 0.1) is 0 Å². The molecule has 1 saturated heterocycles. The fourth-order valence-electron chi connectivity index (χ4n) is 3.98. The Bertz CT molecular complexity index is 726. The first-order chi connectivity index (χ1) is 14.0. The van der Waals surface area contributed by atoms with Crippen molar-refractivity contribution in [1.29, 1.82) is 0 Å². The number of hydrogen-bond acceptors (Lipinski definition) is 7. The molecule has 2 aliphatic rings. The molecular weight excluding hydrogens is 374 g/mol. The van der Waals surface area contributed by atoms with Crippen molar-refractivity contribution in [3.8, 4) is 5.75 Å². The molecule has 1 fully saturated rings. The number of rotatable bonds is 10. The molecule has 3 unspecified atom stereocenters. The van der Waals surface area contributed by atoms with E-state index in [1.807, 2.05) is 0 Å². The van der Waals surface area contributed by atoms with Crippen LogP contribution in [0.25, 0.3) is 0 Å². The maximum absolute atomic E-state index is 13.0. The van der Waals surface area contributed by atoms with Gasteiger partial charge in [0.15, 0.2) is 0 Å². The quantitative estimate of drug-likeness (QED) is 0.342. The van der Waals surface area contributed by atoms with Crippen LogP contribution in [0.4, 0.5) is 0 Å². The van der Waals surface area contributed by atoms with Crippen LogP contribution >= 0.6 is 0 Å². The zero-order valence-corrected chi connectivity index (χ0v) is 16.7. The van der Waals surface area contributed by atoms with E-state index in [4.69, 9.17) is 10.5 Å². The van der Waals surface area contributed by atoms with Gasteiger partial charge in [-0.05, 0) is 44.4 Å². The third-order valence-corrected chi connectivity index (χ3v) is 5.56. The first kappa shape index (κ1) is 21.7. The predicted molar refractivity (Wildman–Crippen MR) is 107 cm³/mol. The number of unbranched alkanes of at least 4 members (excludes halogenated alkanes) is 5. The number of aliphatic hydroxyl groups is 2. The zero-order valence-electron chi connectivity index (χ0n) is 16.7. The third-order valence-electron chi connectivity index (χ3n) is 5.56. The second kappa shape index (κ2) is 10.2. The normalized spacial score (nSPS) is 24.1. The number of fused-ring (bicyclic) bond motifs is 1. The van der Waals surface area contributed by atoms with Crippen molar-refractivity contribution < 1.29 is 24.5 Å². The van der Waals surface area contributed by atoms with Crippen molar-refractivity contribution in [2.45, 2.75) is 69.9 Å². The van der Waals surface area contributed by atoms with Gasteiger partial charge in [0.05, 0.1) is 23.8 Å². The van der Waals surface area contributed by atoms with Crippen LogP contribution in [0.5, 0.6) is 5.75 Å². The molecule has 5 N–H and O–H groups in total. The number of carbonyl (C=O) groups excluding carboxylic acids is 2. The van der Waals surface area contributed by atoms with E-state index in [9.17, 15) is 19.8 Å². The highest BCUT2D eigenvalue weighted by Crippen LogP contribution is 2.34. The molecule has 29 heavy (non-hydrogen) atoms. The Kier molecular flexibility index (Phi) is 7.60. The van der Waals surface area contributed by atoms with E-state index in [1.54, 1.807) is 18.2 Å². The predicted octanol–water partition coefficient (Wildman–Crippen LogP) is 1.35. The van der Waals surface area contributed by atoms with E-state index in [0.717, 1.165) is 50.0 Å². The van der Waals surface area contributed by atoms with Crippen molar-refractivity contribution in [2.24, 2.45) is 5.73 Å².